The summed E-state index contributed by atoms with van der Waals surface area (Å²) in [4.78, 5) is 0. The first-order chi connectivity index (χ1) is 11.1. The van der Waals surface area contributed by atoms with Crippen molar-refractivity contribution in [3.8, 4) is 23.3 Å². The molecule has 2 aromatic carbocycles. The van der Waals surface area contributed by atoms with E-state index < -0.39 is 0 Å². The monoisotopic (exact) mass is 373 g/mol. The van der Waals surface area contributed by atoms with Crippen molar-refractivity contribution in [2.75, 3.05) is 21.3 Å². The largest absolute Gasteiger partial charge is 0.496 e. The van der Waals surface area contributed by atoms with Crippen molar-refractivity contribution in [3.63, 3.8) is 0 Å². The lowest BCUT2D eigenvalue weighted by Gasteiger charge is -2.13. The second-order valence-electron chi connectivity index (χ2n) is 4.60. The van der Waals surface area contributed by atoms with E-state index in [1.807, 2.05) is 24.3 Å². The average Bonchev–Trinajstić information content (AvgIpc) is 2.59. The molecule has 0 atom stereocenters. The Hall–Kier alpha value is -2.45. The summed E-state index contributed by atoms with van der Waals surface area (Å²) >= 11 is 3.48. The molecule has 0 aliphatic heterocycles. The van der Waals surface area contributed by atoms with Crippen LogP contribution in [0.25, 0.3) is 11.6 Å². The summed E-state index contributed by atoms with van der Waals surface area (Å²) in [6.45, 7) is 0. The molecule has 0 aromatic heterocycles. The Morgan fingerprint density at radius 1 is 1.00 bits per heavy atom. The van der Waals surface area contributed by atoms with Gasteiger partial charge in [-0.15, -0.1) is 0 Å². The third-order valence-corrected chi connectivity index (χ3v) is 4.04. The van der Waals surface area contributed by atoms with Gasteiger partial charge in [-0.2, -0.15) is 5.26 Å². The normalized spacial score (nSPS) is 10.8. The lowest BCUT2D eigenvalue weighted by molar-refractivity contribution is 0.348. The van der Waals surface area contributed by atoms with E-state index in [1.165, 1.54) is 0 Å². The maximum Gasteiger partial charge on any atom is 0.164 e. The number of halogens is 1. The molecule has 0 bridgehead atoms. The summed E-state index contributed by atoms with van der Waals surface area (Å²) in [5.74, 6) is 1.63. The third kappa shape index (κ3) is 3.66. The molecule has 2 rings (SSSR count). The van der Waals surface area contributed by atoms with E-state index in [1.54, 1.807) is 39.5 Å². The SMILES string of the molecule is COc1cc(OC)c(/C(C#N)=C/c2ccccc2Br)cc1OC. The molecule has 0 heterocycles. The number of allylic oxidation sites excluding steroid dienone is 1. The fourth-order valence-corrected chi connectivity index (χ4v) is 2.56. The number of hydrogen-bond donors (Lipinski definition) is 0. The molecule has 2 aromatic rings. The number of nitrogens with zero attached hydrogens (tertiary/aromatic N) is 1. The van der Waals surface area contributed by atoms with Crippen LogP contribution >= 0.6 is 15.9 Å². The molecule has 0 N–H and O–H groups in total. The first-order valence-electron chi connectivity index (χ1n) is 6.81. The van der Waals surface area contributed by atoms with E-state index in [-0.39, 0.29) is 0 Å². The number of nitriles is 1. The van der Waals surface area contributed by atoms with Crippen molar-refractivity contribution in [1.82, 2.24) is 0 Å². The highest BCUT2D eigenvalue weighted by atomic mass is 79.9. The van der Waals surface area contributed by atoms with E-state index >= 15 is 0 Å². The molecular formula is C18H16BrNO3. The molecule has 4 nitrogen and oxygen atoms in total. The molecule has 0 fully saturated rings. The van der Waals surface area contributed by atoms with Crippen molar-refractivity contribution in [1.29, 1.82) is 5.26 Å². The van der Waals surface area contributed by atoms with Crippen molar-refractivity contribution >= 4 is 27.6 Å². The smallest absolute Gasteiger partial charge is 0.164 e. The van der Waals surface area contributed by atoms with Crippen LogP contribution in [0.1, 0.15) is 11.1 Å². The Bertz CT molecular complexity index is 778. The van der Waals surface area contributed by atoms with Gasteiger partial charge in [0.25, 0.3) is 0 Å². The summed E-state index contributed by atoms with van der Waals surface area (Å²) < 4.78 is 16.9. The highest BCUT2D eigenvalue weighted by Gasteiger charge is 2.15. The van der Waals surface area contributed by atoms with Gasteiger partial charge in [0.15, 0.2) is 11.5 Å². The highest BCUT2D eigenvalue weighted by molar-refractivity contribution is 9.10. The highest BCUT2D eigenvalue weighted by Crippen LogP contribution is 2.38. The van der Waals surface area contributed by atoms with E-state index in [9.17, 15) is 5.26 Å². The van der Waals surface area contributed by atoms with E-state index in [0.29, 0.717) is 28.4 Å². The zero-order chi connectivity index (χ0) is 16.8. The minimum absolute atomic E-state index is 0.467. The summed E-state index contributed by atoms with van der Waals surface area (Å²) in [5.41, 5.74) is 2.01. The second-order valence-corrected chi connectivity index (χ2v) is 5.45. The molecule has 0 saturated heterocycles. The molecule has 118 valence electrons. The van der Waals surface area contributed by atoms with Crippen LogP contribution in [0, 0.1) is 11.3 Å². The van der Waals surface area contributed by atoms with Crippen molar-refractivity contribution in [2.24, 2.45) is 0 Å². The van der Waals surface area contributed by atoms with Gasteiger partial charge < -0.3 is 14.2 Å². The summed E-state index contributed by atoms with van der Waals surface area (Å²) in [6.07, 6.45) is 1.80. The number of hydrogen-bond acceptors (Lipinski definition) is 4. The zero-order valence-corrected chi connectivity index (χ0v) is 14.7. The van der Waals surface area contributed by atoms with Crippen LogP contribution in [-0.2, 0) is 0 Å². The Morgan fingerprint density at radius 3 is 2.17 bits per heavy atom. The lowest BCUT2D eigenvalue weighted by atomic mass is 10.0. The fourth-order valence-electron chi connectivity index (χ4n) is 2.16. The van der Waals surface area contributed by atoms with E-state index in [0.717, 1.165) is 10.0 Å². The molecule has 0 aliphatic carbocycles. The molecule has 0 saturated carbocycles. The first-order valence-corrected chi connectivity index (χ1v) is 7.60. The Labute approximate surface area is 144 Å². The summed E-state index contributed by atoms with van der Waals surface area (Å²) in [7, 11) is 4.66. The molecule has 0 radical (unpaired) electrons. The van der Waals surface area contributed by atoms with Crippen LogP contribution in [0.4, 0.5) is 0 Å². The van der Waals surface area contributed by atoms with Gasteiger partial charge in [0.2, 0.25) is 0 Å². The molecule has 0 unspecified atom stereocenters. The predicted molar refractivity (Wildman–Crippen MR) is 93.7 cm³/mol. The third-order valence-electron chi connectivity index (χ3n) is 3.32. The Kier molecular flexibility index (Phi) is 5.67. The fraction of sp³-hybridized carbons (Fsp3) is 0.167. The number of benzene rings is 2. The lowest BCUT2D eigenvalue weighted by Crippen LogP contribution is -1.96. The van der Waals surface area contributed by atoms with Gasteiger partial charge in [-0.3, -0.25) is 0 Å². The quantitative estimate of drug-likeness (QED) is 0.570. The van der Waals surface area contributed by atoms with Gasteiger partial charge in [0.05, 0.1) is 33.0 Å². The van der Waals surface area contributed by atoms with Gasteiger partial charge in [-0.25, -0.2) is 0 Å². The number of methoxy groups -OCH3 is 3. The Morgan fingerprint density at radius 2 is 1.61 bits per heavy atom. The molecule has 23 heavy (non-hydrogen) atoms. The Balaban J connectivity index is 2.62. The second kappa shape index (κ2) is 7.70. The summed E-state index contributed by atoms with van der Waals surface area (Å²) in [5, 5.41) is 9.58. The van der Waals surface area contributed by atoms with Crippen LogP contribution in [-0.4, -0.2) is 21.3 Å². The van der Waals surface area contributed by atoms with Crippen LogP contribution in [0.15, 0.2) is 40.9 Å². The molecule has 0 spiro atoms. The number of rotatable bonds is 5. The van der Waals surface area contributed by atoms with Crippen molar-refractivity contribution in [3.05, 3.63) is 52.0 Å². The molecule has 5 heteroatoms. The molecule has 0 aliphatic rings. The van der Waals surface area contributed by atoms with E-state index in [4.69, 9.17) is 14.2 Å². The minimum atomic E-state index is 0.467. The molecule has 0 amide bonds. The van der Waals surface area contributed by atoms with Gasteiger partial charge >= 0.3 is 0 Å². The van der Waals surface area contributed by atoms with Crippen molar-refractivity contribution < 1.29 is 14.2 Å². The van der Waals surface area contributed by atoms with Crippen LogP contribution < -0.4 is 14.2 Å². The molecular weight excluding hydrogens is 358 g/mol. The van der Waals surface area contributed by atoms with Crippen molar-refractivity contribution in [2.45, 2.75) is 0 Å². The maximum atomic E-state index is 9.58. The first kappa shape index (κ1) is 16.9. The average molecular weight is 374 g/mol. The van der Waals surface area contributed by atoms with Crippen LogP contribution in [0.2, 0.25) is 0 Å². The van der Waals surface area contributed by atoms with Crippen LogP contribution in [0.3, 0.4) is 0 Å². The zero-order valence-electron chi connectivity index (χ0n) is 13.1. The van der Waals surface area contributed by atoms with Gasteiger partial charge in [-0.1, -0.05) is 34.1 Å². The predicted octanol–water partition coefficient (Wildman–Crippen LogP) is 4.54. The standard InChI is InChI=1S/C18H16BrNO3/c1-21-16-10-18(23-3)17(22-2)9-14(16)13(11-20)8-12-6-4-5-7-15(12)19/h4-10H,1-3H3/b13-8+. The topological polar surface area (TPSA) is 51.5 Å². The number of ether oxygens (including phenoxy) is 3. The minimum Gasteiger partial charge on any atom is -0.496 e. The summed E-state index contributed by atoms with van der Waals surface area (Å²) in [6, 6.07) is 13.4. The maximum absolute atomic E-state index is 9.58. The van der Waals surface area contributed by atoms with Crippen LogP contribution in [0.5, 0.6) is 17.2 Å². The van der Waals surface area contributed by atoms with Gasteiger partial charge in [0, 0.05) is 16.1 Å². The van der Waals surface area contributed by atoms with E-state index in [2.05, 4.69) is 22.0 Å². The van der Waals surface area contributed by atoms with Gasteiger partial charge in [0.1, 0.15) is 5.75 Å². The van der Waals surface area contributed by atoms with Gasteiger partial charge in [-0.05, 0) is 23.8 Å².